The molecular formula is C36H34FN3O6S. The van der Waals surface area contributed by atoms with Gasteiger partial charge in [0, 0.05) is 12.1 Å². The number of alkyl carbamates (subject to hydrolysis) is 1. The number of nitrogens with zero attached hydrogens (tertiary/aromatic N) is 2. The molecule has 0 aliphatic carbocycles. The van der Waals surface area contributed by atoms with Gasteiger partial charge in [0.25, 0.3) is 5.91 Å². The smallest absolute Gasteiger partial charge is 0.408 e. The molecule has 242 valence electrons. The van der Waals surface area contributed by atoms with Gasteiger partial charge in [0.15, 0.2) is 12.1 Å². The Balaban J connectivity index is 1.32. The second-order valence-electron chi connectivity index (χ2n) is 12.4. The lowest BCUT2D eigenvalue weighted by molar-refractivity contribution is -0.164. The summed E-state index contributed by atoms with van der Waals surface area (Å²) >= 11 is 1.25. The summed E-state index contributed by atoms with van der Waals surface area (Å²) in [5.74, 6) is -2.08. The summed E-state index contributed by atoms with van der Waals surface area (Å²) in [7, 11) is 0. The van der Waals surface area contributed by atoms with Crippen molar-refractivity contribution < 1.29 is 33.0 Å². The van der Waals surface area contributed by atoms with Gasteiger partial charge in [0.1, 0.15) is 22.8 Å². The second kappa shape index (κ2) is 13.1. The molecule has 2 saturated heterocycles. The highest BCUT2D eigenvalue weighted by Gasteiger charge is 2.56. The van der Waals surface area contributed by atoms with Crippen LogP contribution in [-0.4, -0.2) is 58.4 Å². The zero-order chi connectivity index (χ0) is 33.3. The van der Waals surface area contributed by atoms with E-state index in [2.05, 4.69) is 5.32 Å². The maximum atomic E-state index is 14.6. The van der Waals surface area contributed by atoms with Crippen LogP contribution in [0.1, 0.15) is 44.4 Å². The molecule has 1 N–H and O–H groups in total. The number of amides is 3. The van der Waals surface area contributed by atoms with Gasteiger partial charge in [0.05, 0.1) is 5.69 Å². The van der Waals surface area contributed by atoms with Crippen molar-refractivity contribution >= 4 is 41.3 Å². The van der Waals surface area contributed by atoms with E-state index < -0.39 is 52.9 Å². The molecule has 47 heavy (non-hydrogen) atoms. The summed E-state index contributed by atoms with van der Waals surface area (Å²) in [4.78, 5) is 56.6. The summed E-state index contributed by atoms with van der Waals surface area (Å²) in [6, 6.07) is 22.5. The largest absolute Gasteiger partial charge is 0.451 e. The van der Waals surface area contributed by atoms with Crippen molar-refractivity contribution in [3.8, 4) is 0 Å². The van der Waals surface area contributed by atoms with Gasteiger partial charge in [-0.25, -0.2) is 14.0 Å². The number of nitrogens with one attached hydrogen (secondary N) is 1. The molecule has 6 rings (SSSR count). The molecule has 11 heteroatoms. The molecule has 0 unspecified atom stereocenters. The topological polar surface area (TPSA) is 105 Å². The predicted molar refractivity (Wildman–Crippen MR) is 176 cm³/mol. The van der Waals surface area contributed by atoms with Crippen molar-refractivity contribution in [2.75, 3.05) is 11.4 Å². The summed E-state index contributed by atoms with van der Waals surface area (Å²) in [6.07, 6.45) is 0.391. The normalized spacial score (nSPS) is 21.7. The Morgan fingerprint density at radius 2 is 1.57 bits per heavy atom. The molecule has 0 aromatic heterocycles. The minimum atomic E-state index is -1.21. The van der Waals surface area contributed by atoms with Gasteiger partial charge in [-0.3, -0.25) is 9.59 Å². The van der Waals surface area contributed by atoms with E-state index in [9.17, 15) is 23.6 Å². The van der Waals surface area contributed by atoms with Crippen LogP contribution in [0.3, 0.4) is 0 Å². The van der Waals surface area contributed by atoms with Gasteiger partial charge < -0.3 is 24.6 Å². The summed E-state index contributed by atoms with van der Waals surface area (Å²) < 4.78 is 26.1. The SMILES string of the molecule is CC(C)(C)OC(=O)N[C@@H]1C(=O)N2[C@@H](C(=O)OC(c3ccccc3)c3ccccc3)C(/C=C3\CCN(c4ccccc4F)C3=O)=CS[C@H]12. The van der Waals surface area contributed by atoms with E-state index in [1.165, 1.54) is 27.6 Å². The van der Waals surface area contributed by atoms with Crippen molar-refractivity contribution in [3.63, 3.8) is 0 Å². The van der Waals surface area contributed by atoms with E-state index >= 15 is 0 Å². The number of β-lactam (4-membered cyclic amide) rings is 1. The molecule has 3 aliphatic heterocycles. The van der Waals surface area contributed by atoms with Gasteiger partial charge in [-0.05, 0) is 67.5 Å². The van der Waals surface area contributed by atoms with Crippen LogP contribution in [0.15, 0.2) is 108 Å². The summed E-state index contributed by atoms with van der Waals surface area (Å²) in [5, 5.41) is 3.73. The number of rotatable bonds is 7. The molecule has 0 radical (unpaired) electrons. The number of esters is 1. The number of fused-ring (bicyclic) bond motifs is 1. The number of carbonyl (C=O) groups is 4. The number of benzene rings is 3. The summed E-state index contributed by atoms with van der Waals surface area (Å²) in [5.41, 5.74) is 1.64. The molecular weight excluding hydrogens is 621 g/mol. The molecule has 3 heterocycles. The number of halogens is 1. The second-order valence-corrected chi connectivity index (χ2v) is 13.4. The van der Waals surface area contributed by atoms with Crippen molar-refractivity contribution in [1.29, 1.82) is 0 Å². The third-order valence-electron chi connectivity index (χ3n) is 7.96. The van der Waals surface area contributed by atoms with Crippen molar-refractivity contribution in [2.45, 2.75) is 56.4 Å². The fourth-order valence-electron chi connectivity index (χ4n) is 5.82. The Bertz CT molecular complexity index is 1720. The first-order valence-electron chi connectivity index (χ1n) is 15.3. The molecule has 3 aromatic rings. The third kappa shape index (κ3) is 6.66. The Kier molecular flexibility index (Phi) is 8.92. The van der Waals surface area contributed by atoms with Crippen LogP contribution < -0.4 is 10.2 Å². The standard InChI is InChI=1S/C36H34FN3O6S/c1-36(2,3)46-35(44)38-28-32(42)40-29(34(43)45-30(22-12-6-4-7-13-22)23-14-8-5-9-15-23)25(21-47-33(28)40)20-24-18-19-39(31(24)41)27-17-11-10-16-26(27)37/h4-17,20-21,28-30,33H,18-19H2,1-3H3,(H,38,44)/b24-20+/t28-,29-,33-/m1/s1. The Morgan fingerprint density at radius 1 is 0.957 bits per heavy atom. The van der Waals surface area contributed by atoms with E-state index in [0.717, 1.165) is 11.1 Å². The van der Waals surface area contributed by atoms with Gasteiger partial charge in [0.2, 0.25) is 5.91 Å². The van der Waals surface area contributed by atoms with E-state index in [-0.39, 0.29) is 18.1 Å². The first-order valence-corrected chi connectivity index (χ1v) is 16.2. The number of carbonyl (C=O) groups excluding carboxylic acids is 4. The first-order chi connectivity index (χ1) is 22.5. The highest BCUT2D eigenvalue weighted by molar-refractivity contribution is 8.03. The van der Waals surface area contributed by atoms with E-state index in [1.54, 1.807) is 50.5 Å². The van der Waals surface area contributed by atoms with E-state index in [1.807, 2.05) is 60.7 Å². The lowest BCUT2D eigenvalue weighted by Crippen LogP contribution is -2.74. The van der Waals surface area contributed by atoms with Crippen LogP contribution >= 0.6 is 11.8 Å². The van der Waals surface area contributed by atoms with Gasteiger partial charge in [-0.15, -0.1) is 11.8 Å². The highest BCUT2D eigenvalue weighted by Crippen LogP contribution is 2.42. The van der Waals surface area contributed by atoms with Crippen molar-refractivity contribution in [2.24, 2.45) is 0 Å². The molecule has 9 nitrogen and oxygen atoms in total. The fraction of sp³-hybridized carbons (Fsp3) is 0.278. The minimum absolute atomic E-state index is 0.173. The maximum absolute atomic E-state index is 14.6. The molecule has 0 saturated carbocycles. The van der Waals surface area contributed by atoms with Crippen LogP contribution in [0.5, 0.6) is 0 Å². The average Bonchev–Trinajstić information content (AvgIpc) is 3.41. The zero-order valence-corrected chi connectivity index (χ0v) is 26.9. The van der Waals surface area contributed by atoms with Crippen LogP contribution in [0.25, 0.3) is 0 Å². The van der Waals surface area contributed by atoms with Crippen LogP contribution in [0.2, 0.25) is 0 Å². The lowest BCUT2D eigenvalue weighted by atomic mass is 9.95. The Hall–Kier alpha value is -4.90. The van der Waals surface area contributed by atoms with E-state index in [4.69, 9.17) is 9.47 Å². The molecule has 3 aromatic carbocycles. The third-order valence-corrected chi connectivity index (χ3v) is 9.15. The Morgan fingerprint density at radius 3 is 2.19 bits per heavy atom. The zero-order valence-electron chi connectivity index (χ0n) is 26.1. The number of hydrogen-bond donors (Lipinski definition) is 1. The monoisotopic (exact) mass is 655 g/mol. The van der Waals surface area contributed by atoms with Gasteiger partial charge in [-0.2, -0.15) is 0 Å². The van der Waals surface area contributed by atoms with Gasteiger partial charge in [-0.1, -0.05) is 72.8 Å². The molecule has 0 bridgehead atoms. The van der Waals surface area contributed by atoms with E-state index in [0.29, 0.717) is 17.6 Å². The van der Waals surface area contributed by atoms with Crippen LogP contribution in [0.4, 0.5) is 14.9 Å². The average molecular weight is 656 g/mol. The molecule has 0 spiro atoms. The number of anilines is 1. The van der Waals surface area contributed by atoms with Crippen LogP contribution in [-0.2, 0) is 23.9 Å². The number of hydrogen-bond acceptors (Lipinski definition) is 7. The highest BCUT2D eigenvalue weighted by atomic mass is 32.2. The molecule has 3 atom stereocenters. The first kappa shape index (κ1) is 32.1. The Labute approximate surface area is 276 Å². The maximum Gasteiger partial charge on any atom is 0.408 e. The predicted octanol–water partition coefficient (Wildman–Crippen LogP) is 5.88. The number of ether oxygens (including phenoxy) is 2. The van der Waals surface area contributed by atoms with Crippen molar-refractivity contribution in [3.05, 3.63) is 125 Å². The number of thioether (sulfide) groups is 1. The minimum Gasteiger partial charge on any atom is -0.451 e. The molecule has 2 fully saturated rings. The number of para-hydroxylation sites is 1. The van der Waals surface area contributed by atoms with Crippen LogP contribution in [0, 0.1) is 5.82 Å². The lowest BCUT2D eigenvalue weighted by Gasteiger charge is -2.51. The quantitative estimate of drug-likeness (QED) is 0.193. The van der Waals surface area contributed by atoms with Gasteiger partial charge >= 0.3 is 12.1 Å². The fourth-order valence-corrected chi connectivity index (χ4v) is 7.01. The summed E-state index contributed by atoms with van der Waals surface area (Å²) in [6.45, 7) is 5.43. The van der Waals surface area contributed by atoms with Crippen molar-refractivity contribution in [1.82, 2.24) is 10.2 Å². The molecule has 3 amide bonds. The molecule has 3 aliphatic rings.